The average molecular weight is 500 g/mol. The van der Waals surface area contributed by atoms with Gasteiger partial charge in [-0.1, -0.05) is 0 Å². The van der Waals surface area contributed by atoms with Crippen LogP contribution in [0.15, 0.2) is 48.6 Å². The number of ether oxygens (including phenoxy) is 2. The van der Waals surface area contributed by atoms with E-state index in [1.54, 1.807) is 0 Å². The normalized spacial score (nSPS) is 12.1. The Balaban J connectivity index is 1.49. The Morgan fingerprint density at radius 2 is 1.97 bits per heavy atom. The van der Waals surface area contributed by atoms with Crippen molar-refractivity contribution in [1.82, 2.24) is 24.5 Å². The van der Waals surface area contributed by atoms with Crippen molar-refractivity contribution in [3.05, 3.63) is 65.5 Å². The molecule has 1 amide bonds. The van der Waals surface area contributed by atoms with E-state index >= 15 is 0 Å². The van der Waals surface area contributed by atoms with Crippen LogP contribution >= 0.6 is 0 Å². The standard InChI is InChI=1S/C26H25N7O4/c1-5-36-21-8-6-20(7-9-21)33-15(2)10-18(16(33)3)11-19(12-27)26(35)37-17(4)25(34)32-24-22-23(29-13-28-22)30-14-31-24/h6-11,13-14,17H,5H2,1-4H3,(H2,28,29,30,31,32,34)/b19-11+. The van der Waals surface area contributed by atoms with E-state index in [1.807, 2.05) is 61.7 Å². The summed E-state index contributed by atoms with van der Waals surface area (Å²) < 4.78 is 12.8. The van der Waals surface area contributed by atoms with Crippen molar-refractivity contribution in [2.75, 3.05) is 11.9 Å². The number of H-pyrrole nitrogens is 1. The van der Waals surface area contributed by atoms with Crippen molar-refractivity contribution >= 4 is 34.9 Å². The van der Waals surface area contributed by atoms with Crippen molar-refractivity contribution in [3.8, 4) is 17.5 Å². The molecule has 0 aliphatic rings. The predicted molar refractivity (Wildman–Crippen MR) is 136 cm³/mol. The summed E-state index contributed by atoms with van der Waals surface area (Å²) in [7, 11) is 0. The third kappa shape index (κ3) is 5.33. The van der Waals surface area contributed by atoms with E-state index in [0.717, 1.165) is 22.8 Å². The zero-order valence-corrected chi connectivity index (χ0v) is 20.8. The molecule has 0 saturated carbocycles. The van der Waals surface area contributed by atoms with Crippen molar-refractivity contribution < 1.29 is 19.1 Å². The molecule has 188 valence electrons. The molecule has 4 aromatic rings. The minimum atomic E-state index is -1.19. The third-order valence-corrected chi connectivity index (χ3v) is 5.63. The number of carbonyl (C=O) groups excluding carboxylic acids is 2. The summed E-state index contributed by atoms with van der Waals surface area (Å²) >= 11 is 0. The van der Waals surface area contributed by atoms with Crippen LogP contribution in [0.5, 0.6) is 5.75 Å². The molecular weight excluding hydrogens is 474 g/mol. The molecule has 1 atom stereocenters. The van der Waals surface area contributed by atoms with Crippen LogP contribution in [0.3, 0.4) is 0 Å². The van der Waals surface area contributed by atoms with E-state index < -0.39 is 18.0 Å². The molecule has 0 aliphatic heterocycles. The Labute approximate surface area is 212 Å². The van der Waals surface area contributed by atoms with E-state index in [-0.39, 0.29) is 11.4 Å². The number of nitrogens with one attached hydrogen (secondary N) is 2. The van der Waals surface area contributed by atoms with E-state index in [4.69, 9.17) is 9.47 Å². The Bertz CT molecular complexity index is 1530. The largest absolute Gasteiger partial charge is 0.494 e. The minimum Gasteiger partial charge on any atom is -0.494 e. The lowest BCUT2D eigenvalue weighted by Crippen LogP contribution is -2.30. The van der Waals surface area contributed by atoms with Crippen LogP contribution in [-0.4, -0.2) is 49.1 Å². The van der Waals surface area contributed by atoms with Gasteiger partial charge >= 0.3 is 5.97 Å². The summed E-state index contributed by atoms with van der Waals surface area (Å²) in [4.78, 5) is 40.2. The van der Waals surface area contributed by atoms with Gasteiger partial charge in [0.05, 0.1) is 12.9 Å². The molecule has 11 nitrogen and oxygen atoms in total. The predicted octanol–water partition coefficient (Wildman–Crippen LogP) is 3.64. The molecule has 11 heteroatoms. The lowest BCUT2D eigenvalue weighted by atomic mass is 10.1. The second kappa shape index (κ2) is 10.7. The van der Waals surface area contributed by atoms with Gasteiger partial charge < -0.3 is 24.3 Å². The maximum absolute atomic E-state index is 12.7. The fourth-order valence-corrected chi connectivity index (χ4v) is 3.84. The second-order valence-electron chi connectivity index (χ2n) is 8.12. The number of amides is 1. The van der Waals surface area contributed by atoms with Gasteiger partial charge in [0.1, 0.15) is 29.2 Å². The van der Waals surface area contributed by atoms with Crippen LogP contribution in [0, 0.1) is 25.2 Å². The maximum Gasteiger partial charge on any atom is 0.349 e. The number of nitriles is 1. The molecule has 0 aliphatic carbocycles. The highest BCUT2D eigenvalue weighted by atomic mass is 16.5. The number of hydrogen-bond acceptors (Lipinski definition) is 8. The van der Waals surface area contributed by atoms with Crippen LogP contribution in [0.2, 0.25) is 0 Å². The summed E-state index contributed by atoms with van der Waals surface area (Å²) in [5.41, 5.74) is 3.94. The van der Waals surface area contributed by atoms with Crippen LogP contribution in [0.4, 0.5) is 5.82 Å². The number of aryl methyl sites for hydroxylation is 1. The van der Waals surface area contributed by atoms with Crippen molar-refractivity contribution in [2.24, 2.45) is 0 Å². The van der Waals surface area contributed by atoms with E-state index in [0.29, 0.717) is 23.3 Å². The first-order chi connectivity index (χ1) is 17.8. The van der Waals surface area contributed by atoms with Gasteiger partial charge in [-0.25, -0.2) is 19.7 Å². The molecule has 0 radical (unpaired) electrons. The number of esters is 1. The molecule has 0 spiro atoms. The van der Waals surface area contributed by atoms with Crippen molar-refractivity contribution in [1.29, 1.82) is 5.26 Å². The van der Waals surface area contributed by atoms with Crippen LogP contribution in [0.25, 0.3) is 22.9 Å². The molecule has 3 heterocycles. The minimum absolute atomic E-state index is 0.202. The van der Waals surface area contributed by atoms with Gasteiger partial charge in [0.25, 0.3) is 5.91 Å². The van der Waals surface area contributed by atoms with Crippen LogP contribution in [0.1, 0.15) is 30.8 Å². The Morgan fingerprint density at radius 3 is 2.68 bits per heavy atom. The number of aromatic nitrogens is 5. The molecule has 0 fully saturated rings. The summed E-state index contributed by atoms with van der Waals surface area (Å²) in [6.07, 6.45) is 2.96. The van der Waals surface area contributed by atoms with E-state index in [2.05, 4.69) is 25.3 Å². The monoisotopic (exact) mass is 499 g/mol. The van der Waals surface area contributed by atoms with Gasteiger partial charge in [-0.05, 0) is 69.7 Å². The maximum atomic E-state index is 12.7. The average Bonchev–Trinajstić information content (AvgIpc) is 3.47. The number of nitrogens with zero attached hydrogens (tertiary/aromatic N) is 5. The number of carbonyl (C=O) groups is 2. The molecule has 3 aromatic heterocycles. The highest BCUT2D eigenvalue weighted by Gasteiger charge is 2.23. The lowest BCUT2D eigenvalue weighted by Gasteiger charge is -2.13. The number of aromatic amines is 1. The SMILES string of the molecule is CCOc1ccc(-n2c(C)cc(/C=C(\C#N)C(=O)OC(C)C(=O)Nc3ncnc4nc[nH]c34)c2C)cc1. The first-order valence-corrected chi connectivity index (χ1v) is 11.5. The number of fused-ring (bicyclic) bond motifs is 1. The summed E-state index contributed by atoms with van der Waals surface area (Å²) in [5, 5.41) is 12.2. The summed E-state index contributed by atoms with van der Waals surface area (Å²) in [5.74, 6) is -0.553. The summed E-state index contributed by atoms with van der Waals surface area (Å²) in [6, 6.07) is 11.4. The highest BCUT2D eigenvalue weighted by molar-refractivity contribution is 6.02. The fourth-order valence-electron chi connectivity index (χ4n) is 3.84. The second-order valence-corrected chi connectivity index (χ2v) is 8.12. The summed E-state index contributed by atoms with van der Waals surface area (Å²) in [6.45, 7) is 7.74. The topological polar surface area (TPSA) is 148 Å². The molecule has 0 saturated heterocycles. The first kappa shape index (κ1) is 25.1. The first-order valence-electron chi connectivity index (χ1n) is 11.5. The molecule has 1 aromatic carbocycles. The third-order valence-electron chi connectivity index (χ3n) is 5.63. The Morgan fingerprint density at radius 1 is 1.22 bits per heavy atom. The van der Waals surface area contributed by atoms with E-state index in [1.165, 1.54) is 25.7 Å². The zero-order valence-electron chi connectivity index (χ0n) is 20.8. The molecule has 4 rings (SSSR count). The molecule has 37 heavy (non-hydrogen) atoms. The van der Waals surface area contributed by atoms with Gasteiger partial charge in [-0.15, -0.1) is 0 Å². The molecule has 2 N–H and O–H groups in total. The Kier molecular flexibility index (Phi) is 7.29. The van der Waals surface area contributed by atoms with Crippen LogP contribution in [-0.2, 0) is 14.3 Å². The highest BCUT2D eigenvalue weighted by Crippen LogP contribution is 2.25. The molecular formula is C26H25N7O4. The smallest absolute Gasteiger partial charge is 0.349 e. The molecule has 0 bridgehead atoms. The van der Waals surface area contributed by atoms with Gasteiger partial charge in [0, 0.05) is 17.1 Å². The molecule has 1 unspecified atom stereocenters. The van der Waals surface area contributed by atoms with E-state index in [9.17, 15) is 14.9 Å². The number of benzene rings is 1. The van der Waals surface area contributed by atoms with Gasteiger partial charge in [-0.3, -0.25) is 4.79 Å². The zero-order chi connectivity index (χ0) is 26.5. The number of imidazole rings is 1. The van der Waals surface area contributed by atoms with Gasteiger partial charge in [0.2, 0.25) is 0 Å². The number of hydrogen-bond donors (Lipinski definition) is 2. The quantitative estimate of drug-likeness (QED) is 0.212. The van der Waals surface area contributed by atoms with Crippen molar-refractivity contribution in [3.63, 3.8) is 0 Å². The van der Waals surface area contributed by atoms with Gasteiger partial charge in [-0.2, -0.15) is 5.26 Å². The lowest BCUT2D eigenvalue weighted by molar-refractivity contribution is -0.148. The van der Waals surface area contributed by atoms with Crippen LogP contribution < -0.4 is 10.1 Å². The number of anilines is 1. The fraction of sp³-hybridized carbons (Fsp3) is 0.231. The van der Waals surface area contributed by atoms with Gasteiger partial charge in [0.15, 0.2) is 17.6 Å². The Hall–Kier alpha value is -4.98. The van der Waals surface area contributed by atoms with Crippen molar-refractivity contribution in [2.45, 2.75) is 33.8 Å². The number of rotatable bonds is 8.